The molecule has 0 amide bonds. The third-order valence-corrected chi connectivity index (χ3v) is 3.60. The van der Waals surface area contributed by atoms with Gasteiger partial charge in [0.2, 0.25) is 0 Å². The molecule has 1 atom stereocenters. The van der Waals surface area contributed by atoms with Crippen LogP contribution in [0.1, 0.15) is 50.2 Å². The Morgan fingerprint density at radius 1 is 1.28 bits per heavy atom. The number of hydrogen-bond donors (Lipinski definition) is 1. The molecule has 2 heteroatoms. The van der Waals surface area contributed by atoms with Gasteiger partial charge in [-0.3, -0.25) is 0 Å². The summed E-state index contributed by atoms with van der Waals surface area (Å²) in [5.41, 5.74) is 8.46. The van der Waals surface area contributed by atoms with Gasteiger partial charge in [0.1, 0.15) is 5.75 Å². The lowest BCUT2D eigenvalue weighted by molar-refractivity contribution is 0.153. The van der Waals surface area contributed by atoms with Gasteiger partial charge in [-0.2, -0.15) is 0 Å². The normalized spacial score (nSPS) is 18.6. The van der Waals surface area contributed by atoms with Crippen LogP contribution in [-0.2, 0) is 6.42 Å². The first-order valence-electron chi connectivity index (χ1n) is 7.17. The Morgan fingerprint density at radius 2 is 2.00 bits per heavy atom. The molecule has 100 valence electrons. The van der Waals surface area contributed by atoms with Crippen LogP contribution < -0.4 is 10.5 Å². The van der Waals surface area contributed by atoms with Crippen molar-refractivity contribution in [2.75, 3.05) is 0 Å². The van der Waals surface area contributed by atoms with Crippen molar-refractivity contribution in [1.29, 1.82) is 0 Å². The Labute approximate surface area is 111 Å². The van der Waals surface area contributed by atoms with Gasteiger partial charge in [0.15, 0.2) is 0 Å². The standard InChI is InChI=1S/C16H25NO/c1-12-8-9-16(14(10-12)11-13(2)17)18-15-6-4-3-5-7-15/h8-10,13,15H,3-7,11,17H2,1-2H3. The molecule has 1 aromatic rings. The van der Waals surface area contributed by atoms with Crippen molar-refractivity contribution in [1.82, 2.24) is 0 Å². The van der Waals surface area contributed by atoms with Crippen LogP contribution in [0.4, 0.5) is 0 Å². The van der Waals surface area contributed by atoms with Crippen molar-refractivity contribution in [3.05, 3.63) is 29.3 Å². The molecule has 18 heavy (non-hydrogen) atoms. The summed E-state index contributed by atoms with van der Waals surface area (Å²) in [5.74, 6) is 1.05. The predicted molar refractivity (Wildman–Crippen MR) is 76.0 cm³/mol. The maximum absolute atomic E-state index is 6.19. The summed E-state index contributed by atoms with van der Waals surface area (Å²) in [6.07, 6.45) is 7.67. The number of ether oxygens (including phenoxy) is 1. The second-order valence-corrected chi connectivity index (χ2v) is 5.67. The molecule has 0 heterocycles. The van der Waals surface area contributed by atoms with E-state index in [2.05, 4.69) is 25.1 Å². The second kappa shape index (κ2) is 6.24. The zero-order chi connectivity index (χ0) is 13.0. The van der Waals surface area contributed by atoms with E-state index < -0.39 is 0 Å². The number of benzene rings is 1. The summed E-state index contributed by atoms with van der Waals surface area (Å²) in [5, 5.41) is 0. The van der Waals surface area contributed by atoms with E-state index in [9.17, 15) is 0 Å². The highest BCUT2D eigenvalue weighted by Gasteiger charge is 2.16. The van der Waals surface area contributed by atoms with E-state index in [0.29, 0.717) is 6.10 Å². The predicted octanol–water partition coefficient (Wildman–Crippen LogP) is 3.60. The molecule has 0 radical (unpaired) electrons. The Kier molecular flexibility index (Phi) is 4.65. The highest BCUT2D eigenvalue weighted by Crippen LogP contribution is 2.27. The molecule has 1 saturated carbocycles. The van der Waals surface area contributed by atoms with E-state index in [1.54, 1.807) is 0 Å². The molecule has 1 unspecified atom stereocenters. The Bertz CT molecular complexity index is 381. The molecule has 0 aromatic heterocycles. The molecule has 2 rings (SSSR count). The minimum absolute atomic E-state index is 0.181. The minimum atomic E-state index is 0.181. The van der Waals surface area contributed by atoms with Gasteiger partial charge in [-0.15, -0.1) is 0 Å². The minimum Gasteiger partial charge on any atom is -0.490 e. The average molecular weight is 247 g/mol. The summed E-state index contributed by atoms with van der Waals surface area (Å²) in [6, 6.07) is 6.63. The van der Waals surface area contributed by atoms with Gasteiger partial charge < -0.3 is 10.5 Å². The molecule has 0 saturated heterocycles. The van der Waals surface area contributed by atoms with Crippen LogP contribution in [-0.4, -0.2) is 12.1 Å². The topological polar surface area (TPSA) is 35.2 Å². The number of hydrogen-bond acceptors (Lipinski definition) is 2. The summed E-state index contributed by atoms with van der Waals surface area (Å²) in [6.45, 7) is 4.17. The lowest BCUT2D eigenvalue weighted by Crippen LogP contribution is -2.22. The second-order valence-electron chi connectivity index (χ2n) is 5.67. The molecule has 1 fully saturated rings. The van der Waals surface area contributed by atoms with Crippen LogP contribution in [0, 0.1) is 6.92 Å². The van der Waals surface area contributed by atoms with Gasteiger partial charge in [-0.05, 0) is 57.6 Å². The zero-order valence-corrected chi connectivity index (χ0v) is 11.6. The van der Waals surface area contributed by atoms with Gasteiger partial charge >= 0.3 is 0 Å². The first-order valence-corrected chi connectivity index (χ1v) is 7.17. The third-order valence-electron chi connectivity index (χ3n) is 3.60. The molecular weight excluding hydrogens is 222 g/mol. The summed E-state index contributed by atoms with van der Waals surface area (Å²) in [4.78, 5) is 0. The van der Waals surface area contributed by atoms with Gasteiger partial charge in [0, 0.05) is 6.04 Å². The van der Waals surface area contributed by atoms with Gasteiger partial charge in [-0.25, -0.2) is 0 Å². The van der Waals surface area contributed by atoms with Crippen LogP contribution in [0.15, 0.2) is 18.2 Å². The number of nitrogens with two attached hydrogens (primary N) is 1. The van der Waals surface area contributed by atoms with Gasteiger partial charge in [-0.1, -0.05) is 24.1 Å². The molecule has 1 aliphatic rings. The van der Waals surface area contributed by atoms with Crippen molar-refractivity contribution >= 4 is 0 Å². The Morgan fingerprint density at radius 3 is 2.67 bits per heavy atom. The maximum atomic E-state index is 6.19. The summed E-state index contributed by atoms with van der Waals surface area (Å²) in [7, 11) is 0. The largest absolute Gasteiger partial charge is 0.490 e. The number of rotatable bonds is 4. The Hall–Kier alpha value is -1.02. The van der Waals surface area contributed by atoms with Crippen LogP contribution in [0.3, 0.4) is 0 Å². The molecule has 2 nitrogen and oxygen atoms in total. The molecule has 1 aromatic carbocycles. The van der Waals surface area contributed by atoms with Crippen molar-refractivity contribution in [3.63, 3.8) is 0 Å². The molecular formula is C16H25NO. The van der Waals surface area contributed by atoms with Crippen molar-refractivity contribution in [2.24, 2.45) is 5.73 Å². The quantitative estimate of drug-likeness (QED) is 0.882. The smallest absolute Gasteiger partial charge is 0.122 e. The van der Waals surface area contributed by atoms with Crippen molar-refractivity contribution in [2.45, 2.75) is 64.5 Å². The molecule has 2 N–H and O–H groups in total. The zero-order valence-electron chi connectivity index (χ0n) is 11.6. The number of aryl methyl sites for hydroxylation is 1. The molecule has 0 spiro atoms. The highest BCUT2D eigenvalue weighted by molar-refractivity contribution is 5.37. The van der Waals surface area contributed by atoms with E-state index in [0.717, 1.165) is 12.2 Å². The summed E-state index contributed by atoms with van der Waals surface area (Å²) < 4.78 is 6.19. The molecule has 1 aliphatic carbocycles. The first-order chi connectivity index (χ1) is 8.65. The molecule has 0 bridgehead atoms. The summed E-state index contributed by atoms with van der Waals surface area (Å²) >= 11 is 0. The van der Waals surface area contributed by atoms with Gasteiger partial charge in [0.05, 0.1) is 6.10 Å². The fourth-order valence-electron chi connectivity index (χ4n) is 2.69. The Balaban J connectivity index is 2.09. The lowest BCUT2D eigenvalue weighted by atomic mass is 9.97. The van der Waals surface area contributed by atoms with E-state index in [-0.39, 0.29) is 6.04 Å². The SMILES string of the molecule is Cc1ccc(OC2CCCCC2)c(CC(C)N)c1. The fraction of sp³-hybridized carbons (Fsp3) is 0.625. The van der Waals surface area contributed by atoms with Gasteiger partial charge in [0.25, 0.3) is 0 Å². The van der Waals surface area contributed by atoms with Crippen LogP contribution >= 0.6 is 0 Å². The first kappa shape index (κ1) is 13.4. The third kappa shape index (κ3) is 3.74. The van der Waals surface area contributed by atoms with Crippen molar-refractivity contribution < 1.29 is 4.74 Å². The highest BCUT2D eigenvalue weighted by atomic mass is 16.5. The maximum Gasteiger partial charge on any atom is 0.122 e. The van der Waals surface area contributed by atoms with Crippen LogP contribution in [0.25, 0.3) is 0 Å². The van der Waals surface area contributed by atoms with E-state index in [1.807, 2.05) is 6.92 Å². The average Bonchev–Trinajstić information content (AvgIpc) is 2.33. The van der Waals surface area contributed by atoms with Crippen molar-refractivity contribution in [3.8, 4) is 5.75 Å². The monoisotopic (exact) mass is 247 g/mol. The van der Waals surface area contributed by atoms with E-state index in [4.69, 9.17) is 10.5 Å². The van der Waals surface area contributed by atoms with Crippen LogP contribution in [0.2, 0.25) is 0 Å². The van der Waals surface area contributed by atoms with E-state index in [1.165, 1.54) is 43.2 Å². The van der Waals surface area contributed by atoms with Crippen LogP contribution in [0.5, 0.6) is 5.75 Å². The molecule has 0 aliphatic heterocycles. The lowest BCUT2D eigenvalue weighted by Gasteiger charge is -2.25. The van der Waals surface area contributed by atoms with E-state index >= 15 is 0 Å². The fourth-order valence-corrected chi connectivity index (χ4v) is 2.69.